The molecule has 1 aliphatic heterocycles. The number of carbonyl (C=O) groups is 2. The predicted octanol–water partition coefficient (Wildman–Crippen LogP) is 2.05. The Labute approximate surface area is 130 Å². The maximum Gasteiger partial charge on any atom is 0.410 e. The molecule has 1 aliphatic rings. The van der Waals surface area contributed by atoms with Crippen molar-refractivity contribution in [3.05, 3.63) is 11.3 Å². The van der Waals surface area contributed by atoms with Crippen molar-refractivity contribution in [2.45, 2.75) is 53.2 Å². The predicted molar refractivity (Wildman–Crippen MR) is 82.5 cm³/mol. The quantitative estimate of drug-likeness (QED) is 0.857. The van der Waals surface area contributed by atoms with Gasteiger partial charge in [-0.2, -0.15) is 9.78 Å². The molecule has 0 saturated carbocycles. The number of amides is 1. The Kier molecular flexibility index (Phi) is 4.17. The Morgan fingerprint density at radius 1 is 1.32 bits per heavy atom. The third kappa shape index (κ3) is 3.23. The molecule has 2 heterocycles. The first kappa shape index (κ1) is 16.3. The van der Waals surface area contributed by atoms with E-state index < -0.39 is 5.60 Å². The fourth-order valence-electron chi connectivity index (χ4n) is 2.31. The van der Waals surface area contributed by atoms with Gasteiger partial charge in [0.1, 0.15) is 11.4 Å². The molecule has 0 fully saturated rings. The number of aromatic nitrogens is 2. The molecule has 1 aromatic rings. The second kappa shape index (κ2) is 5.62. The number of nitrogens with two attached hydrogens (primary N) is 1. The topological polar surface area (TPSA) is 90.5 Å². The molecule has 0 spiro atoms. The van der Waals surface area contributed by atoms with Gasteiger partial charge in [0.25, 0.3) is 5.91 Å². The number of rotatable bonds is 1. The summed E-state index contributed by atoms with van der Waals surface area (Å²) in [6, 6.07) is 0. The van der Waals surface area contributed by atoms with Crippen LogP contribution in [0.3, 0.4) is 0 Å². The van der Waals surface area contributed by atoms with Crippen LogP contribution in [0.2, 0.25) is 0 Å². The molecule has 0 aromatic carbocycles. The van der Waals surface area contributed by atoms with Crippen LogP contribution in [-0.4, -0.2) is 38.8 Å². The van der Waals surface area contributed by atoms with Crippen LogP contribution < -0.4 is 5.73 Å². The highest BCUT2D eigenvalue weighted by molar-refractivity contribution is 5.83. The Balaban J connectivity index is 2.19. The number of nitrogens with zero attached hydrogens (tertiary/aromatic N) is 3. The molecular weight excluding hydrogens is 284 g/mol. The molecule has 0 aliphatic carbocycles. The van der Waals surface area contributed by atoms with Gasteiger partial charge in [-0.15, -0.1) is 0 Å². The van der Waals surface area contributed by atoms with Crippen LogP contribution in [0.1, 0.15) is 50.7 Å². The third-order valence-corrected chi connectivity index (χ3v) is 3.43. The molecule has 7 heteroatoms. The molecule has 0 atom stereocenters. The monoisotopic (exact) mass is 308 g/mol. The Hall–Kier alpha value is -2.05. The molecule has 1 amide bonds. The van der Waals surface area contributed by atoms with Crippen LogP contribution in [0.15, 0.2) is 0 Å². The minimum Gasteiger partial charge on any atom is -0.444 e. The fourth-order valence-corrected chi connectivity index (χ4v) is 2.31. The van der Waals surface area contributed by atoms with E-state index in [-0.39, 0.29) is 17.9 Å². The van der Waals surface area contributed by atoms with E-state index in [2.05, 4.69) is 5.10 Å². The van der Waals surface area contributed by atoms with Crippen molar-refractivity contribution in [3.63, 3.8) is 0 Å². The number of hydrogen-bond acceptors (Lipinski definition) is 5. The van der Waals surface area contributed by atoms with E-state index in [4.69, 9.17) is 10.5 Å². The van der Waals surface area contributed by atoms with Gasteiger partial charge >= 0.3 is 6.09 Å². The maximum absolute atomic E-state index is 12.1. The van der Waals surface area contributed by atoms with Gasteiger partial charge in [0.2, 0.25) is 0 Å². The molecule has 0 saturated heterocycles. The smallest absolute Gasteiger partial charge is 0.410 e. The van der Waals surface area contributed by atoms with Crippen LogP contribution in [0.25, 0.3) is 0 Å². The summed E-state index contributed by atoms with van der Waals surface area (Å²) in [5.74, 6) is 0.0545. The minimum absolute atomic E-state index is 0.143. The van der Waals surface area contributed by atoms with Crippen molar-refractivity contribution in [1.82, 2.24) is 14.7 Å². The molecule has 2 N–H and O–H groups in total. The summed E-state index contributed by atoms with van der Waals surface area (Å²) in [6.07, 6.45) is 0.202. The molecule has 7 nitrogen and oxygen atoms in total. The van der Waals surface area contributed by atoms with Gasteiger partial charge < -0.3 is 15.4 Å². The maximum atomic E-state index is 12.1. The second-order valence-electron chi connectivity index (χ2n) is 6.87. The number of nitrogen functional groups attached to an aromatic ring is 1. The average molecular weight is 308 g/mol. The van der Waals surface area contributed by atoms with Gasteiger partial charge in [-0.05, 0) is 27.2 Å². The molecule has 0 unspecified atom stereocenters. The Morgan fingerprint density at radius 3 is 2.50 bits per heavy atom. The van der Waals surface area contributed by atoms with Crippen LogP contribution in [0.4, 0.5) is 10.6 Å². The third-order valence-electron chi connectivity index (χ3n) is 3.43. The van der Waals surface area contributed by atoms with Gasteiger partial charge in [0.15, 0.2) is 0 Å². The highest BCUT2D eigenvalue weighted by Gasteiger charge is 2.30. The lowest BCUT2D eigenvalue weighted by atomic mass is 10.1. The number of ether oxygens (including phenoxy) is 1. The van der Waals surface area contributed by atoms with E-state index >= 15 is 0 Å². The van der Waals surface area contributed by atoms with E-state index in [1.54, 1.807) is 18.7 Å². The first-order chi connectivity index (χ1) is 10.1. The van der Waals surface area contributed by atoms with Crippen LogP contribution in [0, 0.1) is 5.92 Å². The van der Waals surface area contributed by atoms with Crippen LogP contribution >= 0.6 is 0 Å². The van der Waals surface area contributed by atoms with E-state index in [0.717, 1.165) is 5.56 Å². The summed E-state index contributed by atoms with van der Waals surface area (Å²) < 4.78 is 6.63. The SMILES string of the molecule is CC(C)C(=O)n1nc2c(c1N)CCN(C(=O)OC(C)(C)C)C2. The zero-order valence-electron chi connectivity index (χ0n) is 13.8. The molecule has 0 radical (unpaired) electrons. The van der Waals surface area contributed by atoms with Crippen LogP contribution in [-0.2, 0) is 17.7 Å². The summed E-state index contributed by atoms with van der Waals surface area (Å²) in [7, 11) is 0. The minimum atomic E-state index is -0.538. The van der Waals surface area contributed by atoms with Gasteiger partial charge in [0.05, 0.1) is 12.2 Å². The summed E-state index contributed by atoms with van der Waals surface area (Å²) >= 11 is 0. The first-order valence-electron chi connectivity index (χ1n) is 7.48. The van der Waals surface area contributed by atoms with Gasteiger partial charge in [-0.25, -0.2) is 4.79 Å². The van der Waals surface area contributed by atoms with E-state index in [1.807, 2.05) is 20.8 Å². The lowest BCUT2D eigenvalue weighted by molar-refractivity contribution is 0.0221. The van der Waals surface area contributed by atoms with Gasteiger partial charge in [-0.1, -0.05) is 13.8 Å². The normalized spacial score (nSPS) is 14.9. The lowest BCUT2D eigenvalue weighted by Crippen LogP contribution is -2.39. The van der Waals surface area contributed by atoms with Crippen molar-refractivity contribution in [2.75, 3.05) is 12.3 Å². The molecule has 22 heavy (non-hydrogen) atoms. The summed E-state index contributed by atoms with van der Waals surface area (Å²) in [5, 5.41) is 4.29. The number of hydrogen-bond donors (Lipinski definition) is 1. The second-order valence-corrected chi connectivity index (χ2v) is 6.87. The van der Waals surface area contributed by atoms with Crippen LogP contribution in [0.5, 0.6) is 0 Å². The molecule has 122 valence electrons. The molecule has 0 bridgehead atoms. The largest absolute Gasteiger partial charge is 0.444 e. The van der Waals surface area contributed by atoms with Crippen molar-refractivity contribution in [3.8, 4) is 0 Å². The fraction of sp³-hybridized carbons (Fsp3) is 0.667. The number of carbonyl (C=O) groups excluding carboxylic acids is 2. The Morgan fingerprint density at radius 2 is 1.95 bits per heavy atom. The first-order valence-corrected chi connectivity index (χ1v) is 7.48. The number of anilines is 1. The number of fused-ring (bicyclic) bond motifs is 1. The standard InChI is InChI=1S/C15H24N4O3/c1-9(2)13(20)19-12(16)10-6-7-18(8-11(10)17-19)14(21)22-15(3,4)5/h9H,6-8,16H2,1-5H3. The van der Waals surface area contributed by atoms with E-state index in [0.29, 0.717) is 31.0 Å². The highest BCUT2D eigenvalue weighted by Crippen LogP contribution is 2.25. The average Bonchev–Trinajstić information content (AvgIpc) is 2.72. The van der Waals surface area contributed by atoms with Crippen molar-refractivity contribution < 1.29 is 14.3 Å². The zero-order valence-corrected chi connectivity index (χ0v) is 13.8. The molecular formula is C15H24N4O3. The van der Waals surface area contributed by atoms with Gasteiger partial charge in [-0.3, -0.25) is 4.79 Å². The lowest BCUT2D eigenvalue weighted by Gasteiger charge is -2.29. The van der Waals surface area contributed by atoms with Crippen molar-refractivity contribution >= 4 is 17.8 Å². The summed E-state index contributed by atoms with van der Waals surface area (Å²) in [6.45, 7) is 9.91. The van der Waals surface area contributed by atoms with Crippen molar-refractivity contribution in [1.29, 1.82) is 0 Å². The van der Waals surface area contributed by atoms with Gasteiger partial charge in [0, 0.05) is 18.0 Å². The van der Waals surface area contributed by atoms with E-state index in [9.17, 15) is 9.59 Å². The highest BCUT2D eigenvalue weighted by atomic mass is 16.6. The zero-order chi connectivity index (χ0) is 16.7. The summed E-state index contributed by atoms with van der Waals surface area (Å²) in [4.78, 5) is 25.8. The van der Waals surface area contributed by atoms with E-state index in [1.165, 1.54) is 4.68 Å². The molecule has 1 aromatic heterocycles. The summed E-state index contributed by atoms with van der Waals surface area (Å²) in [5.41, 5.74) is 7.02. The Bertz CT molecular complexity index is 599. The van der Waals surface area contributed by atoms with Crippen molar-refractivity contribution in [2.24, 2.45) is 5.92 Å². The molecule has 2 rings (SSSR count).